The van der Waals surface area contributed by atoms with E-state index in [1.54, 1.807) is 12.1 Å². The standard InChI is InChI=1S/C14H17NO3S/c1-10-4-2-3-9-15(10)14(18)12-7-5-11(19-12)6-8-13(16)17/h5-8,10H,2-4,9H2,1H3,(H,16,17). The van der Waals surface area contributed by atoms with Crippen molar-refractivity contribution < 1.29 is 14.7 Å². The van der Waals surface area contributed by atoms with Gasteiger partial charge in [0.1, 0.15) is 0 Å². The number of rotatable bonds is 3. The molecule has 0 bridgehead atoms. The average molecular weight is 279 g/mol. The number of hydrogen-bond donors (Lipinski definition) is 1. The lowest BCUT2D eigenvalue weighted by Crippen LogP contribution is -2.41. The smallest absolute Gasteiger partial charge is 0.328 e. The van der Waals surface area contributed by atoms with Gasteiger partial charge in [-0.3, -0.25) is 4.79 Å². The molecule has 0 aliphatic carbocycles. The van der Waals surface area contributed by atoms with Crippen molar-refractivity contribution in [3.63, 3.8) is 0 Å². The van der Waals surface area contributed by atoms with Crippen LogP contribution >= 0.6 is 11.3 Å². The number of carboxylic acids is 1. The molecule has 1 N–H and O–H groups in total. The first-order chi connectivity index (χ1) is 9.08. The van der Waals surface area contributed by atoms with Gasteiger partial charge in [-0.15, -0.1) is 11.3 Å². The maximum atomic E-state index is 12.4. The van der Waals surface area contributed by atoms with E-state index >= 15 is 0 Å². The van der Waals surface area contributed by atoms with Gasteiger partial charge in [0.2, 0.25) is 0 Å². The molecule has 1 atom stereocenters. The van der Waals surface area contributed by atoms with E-state index in [1.807, 2.05) is 4.90 Å². The van der Waals surface area contributed by atoms with Gasteiger partial charge in [0.15, 0.2) is 0 Å². The molecular weight excluding hydrogens is 262 g/mol. The Hall–Kier alpha value is -1.62. The Morgan fingerprint density at radius 2 is 2.21 bits per heavy atom. The van der Waals surface area contributed by atoms with Gasteiger partial charge >= 0.3 is 5.97 Å². The Labute approximate surface area is 116 Å². The highest BCUT2D eigenvalue weighted by atomic mass is 32.1. The SMILES string of the molecule is CC1CCCCN1C(=O)c1ccc(C=CC(=O)O)s1. The van der Waals surface area contributed by atoms with E-state index in [9.17, 15) is 9.59 Å². The molecular formula is C14H17NO3S. The maximum absolute atomic E-state index is 12.4. The maximum Gasteiger partial charge on any atom is 0.328 e. The second kappa shape index (κ2) is 6.02. The molecule has 1 fully saturated rings. The van der Waals surface area contributed by atoms with Crippen LogP contribution in [0.1, 0.15) is 40.7 Å². The predicted molar refractivity (Wildman–Crippen MR) is 75.3 cm³/mol. The van der Waals surface area contributed by atoms with E-state index < -0.39 is 5.97 Å². The van der Waals surface area contributed by atoms with E-state index in [1.165, 1.54) is 23.8 Å². The summed E-state index contributed by atoms with van der Waals surface area (Å²) in [5, 5.41) is 8.57. The number of aliphatic carboxylic acids is 1. The normalized spacial score (nSPS) is 19.8. The van der Waals surface area contributed by atoms with Gasteiger partial charge in [-0.1, -0.05) is 0 Å². The number of carbonyl (C=O) groups excluding carboxylic acids is 1. The predicted octanol–water partition coefficient (Wildman–Crippen LogP) is 2.86. The van der Waals surface area contributed by atoms with E-state index in [4.69, 9.17) is 5.11 Å². The summed E-state index contributed by atoms with van der Waals surface area (Å²) in [6.45, 7) is 2.90. The summed E-state index contributed by atoms with van der Waals surface area (Å²) in [6, 6.07) is 3.85. The van der Waals surface area contributed by atoms with E-state index in [0.29, 0.717) is 10.9 Å². The summed E-state index contributed by atoms with van der Waals surface area (Å²) in [5.41, 5.74) is 0. The highest BCUT2D eigenvalue weighted by molar-refractivity contribution is 7.14. The number of nitrogens with zero attached hydrogens (tertiary/aromatic N) is 1. The first-order valence-electron chi connectivity index (χ1n) is 6.40. The number of amides is 1. The fourth-order valence-electron chi connectivity index (χ4n) is 2.25. The lowest BCUT2D eigenvalue weighted by Gasteiger charge is -2.33. The Kier molecular flexibility index (Phi) is 4.37. The molecule has 1 unspecified atom stereocenters. The van der Waals surface area contributed by atoms with Crippen molar-refractivity contribution in [2.24, 2.45) is 0 Å². The summed E-state index contributed by atoms with van der Waals surface area (Å²) >= 11 is 1.34. The van der Waals surface area contributed by atoms with Crippen LogP contribution in [0.3, 0.4) is 0 Å². The van der Waals surface area contributed by atoms with Crippen molar-refractivity contribution in [2.45, 2.75) is 32.2 Å². The summed E-state index contributed by atoms with van der Waals surface area (Å²) in [7, 11) is 0. The van der Waals surface area contributed by atoms with Crippen molar-refractivity contribution in [1.29, 1.82) is 0 Å². The van der Waals surface area contributed by atoms with E-state index in [-0.39, 0.29) is 5.91 Å². The Morgan fingerprint density at radius 1 is 1.42 bits per heavy atom. The summed E-state index contributed by atoms with van der Waals surface area (Å²) < 4.78 is 0. The molecule has 5 heteroatoms. The molecule has 0 spiro atoms. The first-order valence-corrected chi connectivity index (χ1v) is 7.21. The van der Waals surface area contributed by atoms with Crippen LogP contribution in [-0.2, 0) is 4.79 Å². The van der Waals surface area contributed by atoms with Gasteiger partial charge in [0.05, 0.1) is 4.88 Å². The van der Waals surface area contributed by atoms with Gasteiger partial charge in [0.25, 0.3) is 5.91 Å². The first kappa shape index (κ1) is 13.8. The fourth-order valence-corrected chi connectivity index (χ4v) is 3.12. The van der Waals surface area contributed by atoms with Crippen LogP contribution < -0.4 is 0 Å². The van der Waals surface area contributed by atoms with Crippen molar-refractivity contribution in [1.82, 2.24) is 4.90 Å². The van der Waals surface area contributed by atoms with Gasteiger partial charge < -0.3 is 10.0 Å². The summed E-state index contributed by atoms with van der Waals surface area (Å²) in [4.78, 5) is 26.2. The molecule has 19 heavy (non-hydrogen) atoms. The zero-order chi connectivity index (χ0) is 13.8. The molecule has 1 saturated heterocycles. The minimum Gasteiger partial charge on any atom is -0.478 e. The Bertz CT molecular complexity index is 507. The molecule has 1 amide bonds. The van der Waals surface area contributed by atoms with Crippen LogP contribution in [0.5, 0.6) is 0 Å². The van der Waals surface area contributed by atoms with Crippen molar-refractivity contribution in [3.05, 3.63) is 28.0 Å². The zero-order valence-electron chi connectivity index (χ0n) is 10.8. The monoisotopic (exact) mass is 279 g/mol. The molecule has 1 aliphatic heterocycles. The van der Waals surface area contributed by atoms with Crippen LogP contribution in [0, 0.1) is 0 Å². The number of carbonyl (C=O) groups is 2. The number of thiophene rings is 1. The summed E-state index contributed by atoms with van der Waals surface area (Å²) in [5.74, 6) is -0.918. The molecule has 4 nitrogen and oxygen atoms in total. The fraction of sp³-hybridized carbons (Fsp3) is 0.429. The Morgan fingerprint density at radius 3 is 2.89 bits per heavy atom. The molecule has 0 radical (unpaired) electrons. The zero-order valence-corrected chi connectivity index (χ0v) is 11.7. The van der Waals surface area contributed by atoms with Gasteiger partial charge in [-0.25, -0.2) is 4.79 Å². The van der Waals surface area contributed by atoms with Gasteiger partial charge in [-0.2, -0.15) is 0 Å². The molecule has 1 aromatic heterocycles. The minimum absolute atomic E-state index is 0.0622. The van der Waals surface area contributed by atoms with Crippen molar-refractivity contribution in [3.8, 4) is 0 Å². The quantitative estimate of drug-likeness (QED) is 0.866. The molecule has 1 aliphatic rings. The topological polar surface area (TPSA) is 57.6 Å². The lowest BCUT2D eigenvalue weighted by molar-refractivity contribution is -0.131. The third-order valence-corrected chi connectivity index (χ3v) is 4.33. The van der Waals surface area contributed by atoms with E-state index in [2.05, 4.69) is 6.92 Å². The molecule has 0 saturated carbocycles. The number of likely N-dealkylation sites (tertiary alicyclic amines) is 1. The van der Waals surface area contributed by atoms with Crippen molar-refractivity contribution >= 4 is 29.3 Å². The van der Waals surface area contributed by atoms with Crippen LogP contribution in [0.15, 0.2) is 18.2 Å². The van der Waals surface area contributed by atoms with E-state index in [0.717, 1.165) is 30.3 Å². The lowest BCUT2D eigenvalue weighted by atomic mass is 10.0. The molecule has 1 aromatic rings. The molecule has 0 aromatic carbocycles. The third-order valence-electron chi connectivity index (χ3n) is 3.29. The number of hydrogen-bond acceptors (Lipinski definition) is 3. The molecule has 102 valence electrons. The number of carboxylic acid groups (broad SMARTS) is 1. The Balaban J connectivity index is 2.09. The second-order valence-corrected chi connectivity index (χ2v) is 5.83. The second-order valence-electron chi connectivity index (χ2n) is 4.72. The highest BCUT2D eigenvalue weighted by Gasteiger charge is 2.24. The minimum atomic E-state index is -0.981. The third kappa shape index (κ3) is 3.44. The van der Waals surface area contributed by atoms with Gasteiger partial charge in [0, 0.05) is 23.5 Å². The summed E-state index contributed by atoms with van der Waals surface area (Å²) in [6.07, 6.45) is 5.91. The van der Waals surface area contributed by atoms with Gasteiger partial charge in [-0.05, 0) is 44.4 Å². The van der Waals surface area contributed by atoms with Crippen LogP contribution in [-0.4, -0.2) is 34.5 Å². The highest BCUT2D eigenvalue weighted by Crippen LogP contribution is 2.24. The largest absolute Gasteiger partial charge is 0.478 e. The number of piperidine rings is 1. The molecule has 2 heterocycles. The molecule has 2 rings (SSSR count). The van der Waals surface area contributed by atoms with Crippen LogP contribution in [0.4, 0.5) is 0 Å². The van der Waals surface area contributed by atoms with Crippen molar-refractivity contribution in [2.75, 3.05) is 6.54 Å². The van der Waals surface area contributed by atoms with Crippen LogP contribution in [0.25, 0.3) is 6.08 Å². The van der Waals surface area contributed by atoms with Crippen LogP contribution in [0.2, 0.25) is 0 Å². The average Bonchev–Trinajstić information content (AvgIpc) is 2.85.